The first-order valence-electron chi connectivity index (χ1n) is 12.9. The lowest BCUT2D eigenvalue weighted by molar-refractivity contribution is -0.125. The van der Waals surface area contributed by atoms with Crippen LogP contribution in [0.1, 0.15) is 64.2 Å². The topological polar surface area (TPSA) is 82.3 Å². The molecule has 36 heavy (non-hydrogen) atoms. The van der Waals surface area contributed by atoms with Gasteiger partial charge < -0.3 is 21.3 Å². The van der Waals surface area contributed by atoms with Gasteiger partial charge in [-0.15, -0.1) is 0 Å². The van der Waals surface area contributed by atoms with E-state index in [0.717, 1.165) is 73.9 Å². The van der Waals surface area contributed by atoms with Gasteiger partial charge in [0, 0.05) is 23.2 Å². The van der Waals surface area contributed by atoms with Gasteiger partial charge in [0.25, 0.3) is 0 Å². The summed E-state index contributed by atoms with van der Waals surface area (Å²) in [6.45, 7) is 0. The molecule has 2 aliphatic carbocycles. The van der Waals surface area contributed by atoms with Gasteiger partial charge in [-0.1, -0.05) is 62.8 Å². The van der Waals surface area contributed by atoms with Crippen LogP contribution in [-0.4, -0.2) is 22.0 Å². The van der Waals surface area contributed by atoms with Crippen molar-refractivity contribution in [3.8, 4) is 11.1 Å². The normalized spacial score (nSPS) is 16.6. The van der Waals surface area contributed by atoms with Crippen molar-refractivity contribution in [2.75, 3.05) is 10.6 Å². The number of amides is 2. The van der Waals surface area contributed by atoms with E-state index in [1.165, 1.54) is 12.8 Å². The summed E-state index contributed by atoms with van der Waals surface area (Å²) in [6, 6.07) is 15.8. The molecule has 2 aliphatic rings. The number of hydrogen-bond acceptors (Lipinski definition) is 4. The number of rotatable bonds is 5. The zero-order valence-electron chi connectivity index (χ0n) is 20.5. The smallest absolute Gasteiger partial charge is 0.229 e. The van der Waals surface area contributed by atoms with Crippen LogP contribution in [0.4, 0.5) is 11.4 Å². The molecule has 2 aromatic rings. The van der Waals surface area contributed by atoms with Crippen LogP contribution in [-0.2, 0) is 9.59 Å². The average molecular weight is 523 g/mol. The maximum Gasteiger partial charge on any atom is 0.229 e. The fourth-order valence-electron chi connectivity index (χ4n) is 4.97. The number of carbonyl (C=O) groups excluding carboxylic acids is 2. The number of nitrogens with one attached hydrogen (secondary N) is 4. The highest BCUT2D eigenvalue weighted by molar-refractivity contribution is 7.80. The van der Waals surface area contributed by atoms with Crippen LogP contribution in [0.2, 0.25) is 0 Å². The lowest BCUT2D eigenvalue weighted by Gasteiger charge is -2.21. The Balaban J connectivity index is 1.25. The summed E-state index contributed by atoms with van der Waals surface area (Å²) >= 11 is 10.7. The molecule has 0 aliphatic heterocycles. The fourth-order valence-corrected chi connectivity index (χ4v) is 5.41. The van der Waals surface area contributed by atoms with Crippen LogP contribution < -0.4 is 21.3 Å². The molecule has 0 atom stereocenters. The van der Waals surface area contributed by atoms with Crippen molar-refractivity contribution in [2.45, 2.75) is 64.2 Å². The molecule has 4 N–H and O–H groups in total. The van der Waals surface area contributed by atoms with E-state index in [1.54, 1.807) is 0 Å². The number of carbonyl (C=O) groups is 2. The summed E-state index contributed by atoms with van der Waals surface area (Å²) in [7, 11) is 0. The second kappa shape index (κ2) is 12.9. The largest absolute Gasteiger partial charge is 0.332 e. The van der Waals surface area contributed by atoms with Gasteiger partial charge in [-0.3, -0.25) is 9.59 Å². The van der Waals surface area contributed by atoms with E-state index in [2.05, 4.69) is 21.3 Å². The molecule has 0 radical (unpaired) electrons. The van der Waals surface area contributed by atoms with Crippen LogP contribution in [0.15, 0.2) is 48.5 Å². The Morgan fingerprint density at radius 3 is 1.22 bits per heavy atom. The number of thiocarbonyl (C=S) groups is 2. The molecule has 0 heterocycles. The maximum atomic E-state index is 12.4. The van der Waals surface area contributed by atoms with Crippen molar-refractivity contribution >= 4 is 57.8 Å². The summed E-state index contributed by atoms with van der Waals surface area (Å²) in [5, 5.41) is 12.5. The minimum absolute atomic E-state index is 0.0190. The third kappa shape index (κ3) is 7.58. The predicted molar refractivity (Wildman–Crippen MR) is 154 cm³/mol. The Hall–Kier alpha value is -2.84. The van der Waals surface area contributed by atoms with Crippen molar-refractivity contribution in [3.05, 3.63) is 48.5 Å². The highest BCUT2D eigenvalue weighted by Crippen LogP contribution is 2.26. The highest BCUT2D eigenvalue weighted by Gasteiger charge is 2.22. The van der Waals surface area contributed by atoms with E-state index in [9.17, 15) is 9.59 Å². The number of hydrogen-bond donors (Lipinski definition) is 4. The molecule has 2 amide bonds. The molecule has 6 nitrogen and oxygen atoms in total. The molecule has 2 saturated carbocycles. The zero-order chi connectivity index (χ0) is 25.3. The Bertz CT molecular complexity index is 986. The lowest BCUT2D eigenvalue weighted by Crippen LogP contribution is -2.39. The number of anilines is 2. The SMILES string of the molecule is O=C(NC(=S)Nc1ccc(-c2ccc(NC(=S)NC(=O)C3CCCCC3)cc2)cc1)C1CCCCC1. The Labute approximate surface area is 224 Å². The van der Waals surface area contributed by atoms with Crippen LogP contribution >= 0.6 is 24.4 Å². The average Bonchev–Trinajstić information content (AvgIpc) is 2.90. The van der Waals surface area contributed by atoms with Gasteiger partial charge >= 0.3 is 0 Å². The summed E-state index contributed by atoms with van der Waals surface area (Å²) in [5.41, 5.74) is 3.75. The van der Waals surface area contributed by atoms with Crippen molar-refractivity contribution in [1.29, 1.82) is 0 Å². The molecule has 0 bridgehead atoms. The second-order valence-electron chi connectivity index (χ2n) is 9.71. The van der Waals surface area contributed by atoms with Crippen LogP contribution in [0.5, 0.6) is 0 Å². The van der Waals surface area contributed by atoms with Crippen LogP contribution in [0.3, 0.4) is 0 Å². The Morgan fingerprint density at radius 1 is 0.556 bits per heavy atom. The third-order valence-electron chi connectivity index (χ3n) is 7.04. The third-order valence-corrected chi connectivity index (χ3v) is 7.45. The van der Waals surface area contributed by atoms with Crippen LogP contribution in [0, 0.1) is 11.8 Å². The van der Waals surface area contributed by atoms with Gasteiger partial charge in [-0.05, 0) is 85.5 Å². The van der Waals surface area contributed by atoms with E-state index >= 15 is 0 Å². The Morgan fingerprint density at radius 2 is 0.889 bits per heavy atom. The molecule has 0 saturated heterocycles. The van der Waals surface area contributed by atoms with Gasteiger partial charge in [-0.2, -0.15) is 0 Å². The minimum Gasteiger partial charge on any atom is -0.332 e. The van der Waals surface area contributed by atoms with E-state index in [0.29, 0.717) is 10.2 Å². The van der Waals surface area contributed by atoms with E-state index in [-0.39, 0.29) is 23.7 Å². The molecule has 2 fully saturated rings. The first-order valence-corrected chi connectivity index (χ1v) is 13.7. The van der Waals surface area contributed by atoms with Crippen molar-refractivity contribution in [3.63, 3.8) is 0 Å². The van der Waals surface area contributed by atoms with Crippen LogP contribution in [0.25, 0.3) is 11.1 Å². The van der Waals surface area contributed by atoms with Crippen molar-refractivity contribution in [1.82, 2.24) is 10.6 Å². The molecule has 0 unspecified atom stereocenters. The first kappa shape index (κ1) is 26.2. The highest BCUT2D eigenvalue weighted by atomic mass is 32.1. The molecule has 190 valence electrons. The van der Waals surface area contributed by atoms with Gasteiger partial charge in [0.15, 0.2) is 10.2 Å². The van der Waals surface area contributed by atoms with Gasteiger partial charge in [0.05, 0.1) is 0 Å². The van der Waals surface area contributed by atoms with Crippen molar-refractivity contribution < 1.29 is 9.59 Å². The standard InChI is InChI=1S/C28H34N4O2S2/c33-25(21-7-3-1-4-8-21)31-27(35)29-23-15-11-19(12-16-23)20-13-17-24(18-14-20)30-28(36)32-26(34)22-9-5-2-6-10-22/h11-18,21-22H,1-10H2,(H2,29,31,33,35)(H2,30,32,34,36). The molecule has 0 spiro atoms. The van der Waals surface area contributed by atoms with Gasteiger partial charge in [-0.25, -0.2) is 0 Å². The zero-order valence-corrected chi connectivity index (χ0v) is 22.1. The number of benzene rings is 2. The summed E-state index contributed by atoms with van der Waals surface area (Å²) in [5.74, 6) is 0.179. The van der Waals surface area contributed by atoms with Gasteiger partial charge in [0.1, 0.15) is 0 Å². The molecule has 4 rings (SSSR count). The second-order valence-corrected chi connectivity index (χ2v) is 10.5. The molecule has 0 aromatic heterocycles. The summed E-state index contributed by atoms with van der Waals surface area (Å²) < 4.78 is 0. The Kier molecular flexibility index (Phi) is 9.41. The fraction of sp³-hybridized carbons (Fsp3) is 0.429. The van der Waals surface area contributed by atoms with Crippen molar-refractivity contribution in [2.24, 2.45) is 11.8 Å². The molecular formula is C28H34N4O2S2. The van der Waals surface area contributed by atoms with Gasteiger partial charge in [0.2, 0.25) is 11.8 Å². The maximum absolute atomic E-state index is 12.4. The van der Waals surface area contributed by atoms with E-state index in [1.807, 2.05) is 48.5 Å². The van der Waals surface area contributed by atoms with E-state index in [4.69, 9.17) is 24.4 Å². The quantitative estimate of drug-likeness (QED) is 0.353. The summed E-state index contributed by atoms with van der Waals surface area (Å²) in [4.78, 5) is 24.8. The molecule has 8 heteroatoms. The summed E-state index contributed by atoms with van der Waals surface area (Å²) in [6.07, 6.45) is 10.6. The van der Waals surface area contributed by atoms with E-state index < -0.39 is 0 Å². The molecule has 2 aromatic carbocycles. The molecular weight excluding hydrogens is 488 g/mol. The monoisotopic (exact) mass is 522 g/mol. The first-order chi connectivity index (χ1) is 17.5. The lowest BCUT2D eigenvalue weighted by atomic mass is 9.89. The predicted octanol–water partition coefficient (Wildman–Crippen LogP) is 6.14. The minimum atomic E-state index is 0.0190.